The molecule has 5 nitrogen and oxygen atoms in total. The first kappa shape index (κ1) is 19.8. The zero-order chi connectivity index (χ0) is 20.4. The lowest BCUT2D eigenvalue weighted by atomic mass is 10.1. The van der Waals surface area contributed by atoms with Gasteiger partial charge >= 0.3 is 0 Å². The molecule has 2 amide bonds. The molecule has 2 aliphatic rings. The lowest BCUT2D eigenvalue weighted by Crippen LogP contribution is -2.47. The van der Waals surface area contributed by atoms with Gasteiger partial charge in [-0.3, -0.25) is 9.59 Å². The van der Waals surface area contributed by atoms with Gasteiger partial charge in [-0.15, -0.1) is 11.3 Å². The normalized spacial score (nSPS) is 21.6. The number of rotatable bonds is 5. The lowest BCUT2D eigenvalue weighted by molar-refractivity contribution is -0.125. The van der Waals surface area contributed by atoms with E-state index in [9.17, 15) is 18.4 Å². The average Bonchev–Trinajstić information content (AvgIpc) is 3.48. The van der Waals surface area contributed by atoms with Crippen molar-refractivity contribution in [2.45, 2.75) is 25.3 Å². The fourth-order valence-corrected chi connectivity index (χ4v) is 4.78. The smallest absolute Gasteiger partial charge is 0.264 e. The van der Waals surface area contributed by atoms with Gasteiger partial charge < -0.3 is 15.1 Å². The van der Waals surface area contributed by atoms with Crippen molar-refractivity contribution in [1.82, 2.24) is 10.2 Å². The molecule has 2 aliphatic heterocycles. The maximum atomic E-state index is 13.5. The Bertz CT molecular complexity index is 890. The third kappa shape index (κ3) is 4.27. The summed E-state index contributed by atoms with van der Waals surface area (Å²) in [5.74, 6) is -1.66. The Morgan fingerprint density at radius 1 is 1.14 bits per heavy atom. The molecular weight excluding hydrogens is 396 g/mol. The number of hydrogen-bond donors (Lipinski definition) is 1. The summed E-state index contributed by atoms with van der Waals surface area (Å²) < 4.78 is 26.6. The maximum absolute atomic E-state index is 13.5. The van der Waals surface area contributed by atoms with Gasteiger partial charge in [-0.05, 0) is 48.8 Å². The highest BCUT2D eigenvalue weighted by atomic mass is 32.1. The molecule has 2 atom stereocenters. The van der Waals surface area contributed by atoms with E-state index in [1.54, 1.807) is 17.0 Å². The summed E-state index contributed by atoms with van der Waals surface area (Å²) in [6.45, 7) is 2.52. The Morgan fingerprint density at radius 3 is 2.76 bits per heavy atom. The highest BCUT2D eigenvalue weighted by molar-refractivity contribution is 7.12. The summed E-state index contributed by atoms with van der Waals surface area (Å²) in [4.78, 5) is 29.7. The number of anilines is 1. The number of benzene rings is 1. The molecule has 0 saturated carbocycles. The van der Waals surface area contributed by atoms with Crippen molar-refractivity contribution in [3.63, 3.8) is 0 Å². The van der Waals surface area contributed by atoms with E-state index in [2.05, 4.69) is 5.32 Å². The molecule has 1 aromatic carbocycles. The third-order valence-corrected chi connectivity index (χ3v) is 6.53. The Balaban J connectivity index is 1.30. The summed E-state index contributed by atoms with van der Waals surface area (Å²) in [7, 11) is 0. The van der Waals surface area contributed by atoms with E-state index in [4.69, 9.17) is 0 Å². The van der Waals surface area contributed by atoms with Gasteiger partial charge in [-0.25, -0.2) is 8.78 Å². The predicted octanol–water partition coefficient (Wildman–Crippen LogP) is 3.27. The van der Waals surface area contributed by atoms with Crippen molar-refractivity contribution in [3.05, 3.63) is 52.2 Å². The minimum absolute atomic E-state index is 0.0805. The van der Waals surface area contributed by atoms with Crippen molar-refractivity contribution in [3.8, 4) is 0 Å². The van der Waals surface area contributed by atoms with Crippen molar-refractivity contribution in [2.24, 2.45) is 5.92 Å². The fourth-order valence-electron chi connectivity index (χ4n) is 4.10. The molecule has 0 spiro atoms. The molecule has 0 bridgehead atoms. The van der Waals surface area contributed by atoms with Gasteiger partial charge in [0.2, 0.25) is 5.91 Å². The standard InChI is InChI=1S/C21H23F2N3O2S/c22-16-6-5-15(11-17(16)23)25-9-7-14(13-25)12-24-20(27)18-3-1-8-26(18)21(28)19-4-2-10-29-19/h2,4-6,10-11,14,18H,1,3,7-9,12-13H2,(H,24,27)/t14?,18-/m0/s1. The summed E-state index contributed by atoms with van der Waals surface area (Å²) in [5.41, 5.74) is 0.654. The van der Waals surface area contributed by atoms with E-state index >= 15 is 0 Å². The van der Waals surface area contributed by atoms with Crippen LogP contribution in [0.4, 0.5) is 14.5 Å². The molecule has 0 radical (unpaired) electrons. The fraction of sp³-hybridized carbons (Fsp3) is 0.429. The highest BCUT2D eigenvalue weighted by Crippen LogP contribution is 2.26. The zero-order valence-corrected chi connectivity index (χ0v) is 16.8. The first-order valence-electron chi connectivity index (χ1n) is 9.85. The van der Waals surface area contributed by atoms with Gasteiger partial charge in [0.15, 0.2) is 11.6 Å². The van der Waals surface area contributed by atoms with Crippen LogP contribution in [0, 0.1) is 17.6 Å². The Kier molecular flexibility index (Phi) is 5.80. The Labute approximate surface area is 172 Å². The molecule has 2 fully saturated rings. The number of nitrogens with one attached hydrogen (secondary N) is 1. The van der Waals surface area contributed by atoms with Crippen LogP contribution in [0.3, 0.4) is 0 Å². The highest BCUT2D eigenvalue weighted by Gasteiger charge is 2.35. The number of hydrogen-bond acceptors (Lipinski definition) is 4. The van der Waals surface area contributed by atoms with E-state index in [-0.39, 0.29) is 17.7 Å². The lowest BCUT2D eigenvalue weighted by Gasteiger charge is -2.24. The minimum atomic E-state index is -0.852. The van der Waals surface area contributed by atoms with Crippen molar-refractivity contribution < 1.29 is 18.4 Å². The zero-order valence-electron chi connectivity index (χ0n) is 15.9. The Hall–Kier alpha value is -2.48. The summed E-state index contributed by atoms with van der Waals surface area (Å²) >= 11 is 1.39. The summed E-state index contributed by atoms with van der Waals surface area (Å²) in [5, 5.41) is 4.86. The third-order valence-electron chi connectivity index (χ3n) is 5.67. The SMILES string of the molecule is O=C(NCC1CCN(c2ccc(F)c(F)c2)C1)[C@@H]1CCCN1C(=O)c1cccs1. The van der Waals surface area contributed by atoms with Crippen molar-refractivity contribution in [2.75, 3.05) is 31.1 Å². The number of amides is 2. The van der Waals surface area contributed by atoms with E-state index in [0.29, 0.717) is 36.6 Å². The summed E-state index contributed by atoms with van der Waals surface area (Å²) in [6.07, 6.45) is 2.36. The van der Waals surface area contributed by atoms with Gasteiger partial charge in [0.1, 0.15) is 6.04 Å². The molecule has 29 heavy (non-hydrogen) atoms. The van der Waals surface area contributed by atoms with Crippen molar-refractivity contribution in [1.29, 1.82) is 0 Å². The molecule has 8 heteroatoms. The first-order chi connectivity index (χ1) is 14.0. The molecule has 1 unspecified atom stereocenters. The molecule has 154 valence electrons. The first-order valence-corrected chi connectivity index (χ1v) is 10.7. The number of halogens is 2. The van der Waals surface area contributed by atoms with Crippen LogP contribution in [0.5, 0.6) is 0 Å². The second-order valence-electron chi connectivity index (χ2n) is 7.58. The number of carbonyl (C=O) groups is 2. The molecule has 1 aromatic heterocycles. The molecule has 2 saturated heterocycles. The van der Waals surface area contributed by atoms with Crippen LogP contribution in [-0.2, 0) is 4.79 Å². The monoisotopic (exact) mass is 419 g/mol. The van der Waals surface area contributed by atoms with Gasteiger partial charge in [-0.1, -0.05) is 6.07 Å². The molecule has 3 heterocycles. The topological polar surface area (TPSA) is 52.7 Å². The number of carbonyl (C=O) groups excluding carboxylic acids is 2. The van der Waals surface area contributed by atoms with Crippen molar-refractivity contribution >= 4 is 28.8 Å². The molecule has 4 rings (SSSR count). The number of nitrogens with zero attached hydrogens (tertiary/aromatic N) is 2. The van der Waals surface area contributed by atoms with Crippen LogP contribution < -0.4 is 10.2 Å². The summed E-state index contributed by atoms with van der Waals surface area (Å²) in [6, 6.07) is 7.12. The van der Waals surface area contributed by atoms with E-state index in [1.807, 2.05) is 16.3 Å². The molecule has 0 aliphatic carbocycles. The van der Waals surface area contributed by atoms with Gasteiger partial charge in [0, 0.05) is 37.9 Å². The van der Waals surface area contributed by atoms with E-state index < -0.39 is 17.7 Å². The second kappa shape index (κ2) is 8.49. The van der Waals surface area contributed by atoms with Gasteiger partial charge in [-0.2, -0.15) is 0 Å². The molecular formula is C21H23F2N3O2S. The van der Waals surface area contributed by atoms with Crippen LogP contribution >= 0.6 is 11.3 Å². The quantitative estimate of drug-likeness (QED) is 0.809. The average molecular weight is 419 g/mol. The van der Waals surface area contributed by atoms with E-state index in [1.165, 1.54) is 17.4 Å². The largest absolute Gasteiger partial charge is 0.371 e. The minimum Gasteiger partial charge on any atom is -0.371 e. The Morgan fingerprint density at radius 2 is 2.00 bits per heavy atom. The van der Waals surface area contributed by atoms with Gasteiger partial charge in [0.25, 0.3) is 5.91 Å². The maximum Gasteiger partial charge on any atom is 0.264 e. The van der Waals surface area contributed by atoms with Gasteiger partial charge in [0.05, 0.1) is 4.88 Å². The predicted molar refractivity (Wildman–Crippen MR) is 108 cm³/mol. The van der Waals surface area contributed by atoms with E-state index in [0.717, 1.165) is 25.5 Å². The number of thiophene rings is 1. The van der Waals surface area contributed by atoms with Crippen LogP contribution in [0.1, 0.15) is 28.9 Å². The molecule has 1 N–H and O–H groups in total. The molecule has 2 aromatic rings. The van der Waals surface area contributed by atoms with Crippen LogP contribution in [0.25, 0.3) is 0 Å². The van der Waals surface area contributed by atoms with Crippen LogP contribution in [-0.4, -0.2) is 48.9 Å². The second-order valence-corrected chi connectivity index (χ2v) is 8.53. The van der Waals surface area contributed by atoms with Crippen LogP contribution in [0.15, 0.2) is 35.7 Å². The van der Waals surface area contributed by atoms with Crippen LogP contribution in [0.2, 0.25) is 0 Å². The number of likely N-dealkylation sites (tertiary alicyclic amines) is 1.